The van der Waals surface area contributed by atoms with Crippen molar-refractivity contribution >= 4 is 20.5 Å². The Morgan fingerprint density at radius 1 is 0.867 bits per heavy atom. The number of hydrogen-bond acceptors (Lipinski definition) is 2. The van der Waals surface area contributed by atoms with Crippen LogP contribution in [0.25, 0.3) is 0 Å². The quantitative estimate of drug-likeness (QED) is 0.645. The zero-order valence-electron chi connectivity index (χ0n) is 12.2. The molecule has 0 saturated carbocycles. The van der Waals surface area contributed by atoms with Gasteiger partial charge in [0.2, 0.25) is 0 Å². The van der Waals surface area contributed by atoms with Crippen LogP contribution in [0.5, 0.6) is 0 Å². The maximum absolute atomic E-state index is 6.04. The summed E-state index contributed by atoms with van der Waals surface area (Å²) in [4.78, 5) is 0. The Hall–Kier alpha value is 0.354. The van der Waals surface area contributed by atoms with Gasteiger partial charge in [0, 0.05) is 33.7 Å². The van der Waals surface area contributed by atoms with Gasteiger partial charge in [-0.15, -0.1) is 0 Å². The molecule has 0 aromatic rings. The molecule has 0 amide bonds. The van der Waals surface area contributed by atoms with Gasteiger partial charge in [-0.2, -0.15) is 0 Å². The molecule has 0 bridgehead atoms. The summed E-state index contributed by atoms with van der Waals surface area (Å²) in [6, 6.07) is 0. The first-order valence-electron chi connectivity index (χ1n) is 6.40. The molecular weight excluding hydrogens is 220 g/mol. The molecule has 2 saturated heterocycles. The molecule has 4 heteroatoms. The molecule has 2 aliphatic rings. The average Bonchev–Trinajstić information content (AvgIpc) is 2.18. The van der Waals surface area contributed by atoms with Gasteiger partial charge in [0.05, 0.1) is 10.4 Å². The largest absolute Gasteiger partial charge is 1.00 e. The van der Waals surface area contributed by atoms with Crippen LogP contribution in [0.2, 0.25) is 0 Å². The van der Waals surface area contributed by atoms with Crippen molar-refractivity contribution in [3.05, 3.63) is 0 Å². The lowest BCUT2D eigenvalue weighted by Crippen LogP contribution is -2.48. The fraction of sp³-hybridized carbons (Fsp3) is 1.00. The molecule has 0 aromatic heterocycles. The monoisotopic (exact) mass is 246 g/mol. The van der Waals surface area contributed by atoms with Gasteiger partial charge in [0.1, 0.15) is 0 Å². The van der Waals surface area contributed by atoms with Gasteiger partial charge < -0.3 is 9.47 Å². The first-order valence-corrected chi connectivity index (χ1v) is 8.40. The Labute approximate surface area is 102 Å². The lowest BCUT2D eigenvalue weighted by Gasteiger charge is -2.43. The summed E-state index contributed by atoms with van der Waals surface area (Å²) in [7, 11) is 2.33. The topological polar surface area (TPSA) is 18.5 Å². The van der Waals surface area contributed by atoms with Crippen LogP contribution in [0.3, 0.4) is 0 Å². The predicted molar refractivity (Wildman–Crippen MR) is 71.8 cm³/mol. The molecule has 2 aliphatic heterocycles. The molecule has 15 heavy (non-hydrogen) atoms. The van der Waals surface area contributed by atoms with E-state index in [0.29, 0.717) is 0 Å². The predicted octanol–water partition coefficient (Wildman–Crippen LogP) is 0.126. The smallest absolute Gasteiger partial charge is 0.379 e. The second kappa shape index (κ2) is 4.69. The van der Waals surface area contributed by atoms with E-state index in [1.165, 1.54) is 65.4 Å². The van der Waals surface area contributed by atoms with Gasteiger partial charge in [-0.05, 0) is 44.9 Å². The van der Waals surface area contributed by atoms with Crippen LogP contribution < -0.4 is 0 Å². The fourth-order valence-corrected chi connectivity index (χ4v) is 6.37. The molecule has 88 valence electrons. The van der Waals surface area contributed by atoms with E-state index < -0.39 is 0 Å². The third-order valence-corrected chi connectivity index (χ3v) is 6.13. The van der Waals surface area contributed by atoms with Gasteiger partial charge in [-0.25, -0.2) is 0 Å². The summed E-state index contributed by atoms with van der Waals surface area (Å²) < 4.78 is 12.1. The summed E-state index contributed by atoms with van der Waals surface area (Å²) in [5.74, 6) is 0. The van der Waals surface area contributed by atoms with E-state index in [0.717, 1.165) is 13.2 Å². The van der Waals surface area contributed by atoms with Gasteiger partial charge in [0.15, 0.2) is 0 Å². The van der Waals surface area contributed by atoms with E-state index in [1.54, 1.807) is 0 Å². The van der Waals surface area contributed by atoms with E-state index in [9.17, 15) is 0 Å². The molecule has 2 rings (SSSR count). The lowest BCUT2D eigenvalue weighted by molar-refractivity contribution is -0.0911. The number of hydrogen-bond donors (Lipinski definition) is 0. The maximum Gasteiger partial charge on any atom is 1.00 e. The van der Waals surface area contributed by atoms with Gasteiger partial charge in [0.25, 0.3) is 0 Å². The van der Waals surface area contributed by atoms with Crippen LogP contribution in [-0.4, -0.2) is 44.1 Å². The first kappa shape index (κ1) is 11.8. The van der Waals surface area contributed by atoms with E-state index in [1.807, 2.05) is 0 Å². The lowest BCUT2D eigenvalue weighted by atomic mass is 9.97. The Morgan fingerprint density at radius 3 is 1.67 bits per heavy atom. The van der Waals surface area contributed by atoms with Crippen molar-refractivity contribution in [3.63, 3.8) is 0 Å². The van der Waals surface area contributed by atoms with Gasteiger partial charge in [-0.3, -0.25) is 0 Å². The highest BCUT2D eigenvalue weighted by molar-refractivity contribution is 6.18. The highest BCUT2D eigenvalue weighted by atomic mass is 28.2. The molecule has 2 unspecified atom stereocenters. The van der Waals surface area contributed by atoms with E-state index >= 15 is 0 Å². The van der Waals surface area contributed by atoms with Gasteiger partial charge >= 0.3 is 2.85 Å². The SMILES string of the molecule is [H+].[H+].[SiH3]C1(CC2([SiH3])CCCCO2)CCCCO1. The third kappa shape index (κ3) is 3.15. The first-order chi connectivity index (χ1) is 7.12. The molecule has 2 fully saturated rings. The second-order valence-electron chi connectivity index (χ2n) is 5.69. The maximum atomic E-state index is 6.04. The van der Waals surface area contributed by atoms with Crippen LogP contribution in [0, 0.1) is 0 Å². The van der Waals surface area contributed by atoms with E-state index in [4.69, 9.17) is 9.47 Å². The molecule has 0 aliphatic carbocycles. The minimum absolute atomic E-state index is 0. The summed E-state index contributed by atoms with van der Waals surface area (Å²) >= 11 is 0. The van der Waals surface area contributed by atoms with Crippen LogP contribution in [0.4, 0.5) is 0 Å². The normalized spacial score (nSPS) is 43.2. The Kier molecular flexibility index (Phi) is 3.70. The fourth-order valence-electron chi connectivity index (χ4n) is 3.05. The minimum Gasteiger partial charge on any atom is -0.379 e. The van der Waals surface area contributed by atoms with Crippen LogP contribution in [0.1, 0.15) is 47.8 Å². The second-order valence-corrected chi connectivity index (χ2v) is 9.33. The summed E-state index contributed by atoms with van der Waals surface area (Å²) in [5, 5.41) is 0.495. The molecule has 0 N–H and O–H groups in total. The number of rotatable bonds is 2. The van der Waals surface area contributed by atoms with Crippen molar-refractivity contribution in [1.82, 2.24) is 0 Å². The zero-order chi connectivity index (χ0) is 10.8. The minimum atomic E-state index is 0. The van der Waals surface area contributed by atoms with Crippen LogP contribution in [-0.2, 0) is 9.47 Å². The van der Waals surface area contributed by atoms with Crippen LogP contribution in [0.15, 0.2) is 0 Å². The zero-order valence-corrected chi connectivity index (χ0v) is 14.2. The molecule has 0 aromatic carbocycles. The summed E-state index contributed by atoms with van der Waals surface area (Å²) in [6.45, 7) is 1.97. The van der Waals surface area contributed by atoms with Crippen molar-refractivity contribution in [2.45, 2.75) is 55.4 Å². The van der Waals surface area contributed by atoms with E-state index in [2.05, 4.69) is 0 Å². The third-order valence-electron chi connectivity index (χ3n) is 3.85. The van der Waals surface area contributed by atoms with E-state index in [-0.39, 0.29) is 13.3 Å². The number of ether oxygens (including phenoxy) is 2. The van der Waals surface area contributed by atoms with Crippen molar-refractivity contribution in [2.24, 2.45) is 0 Å². The molecule has 2 heterocycles. The van der Waals surface area contributed by atoms with Crippen molar-refractivity contribution < 1.29 is 12.3 Å². The van der Waals surface area contributed by atoms with Crippen molar-refractivity contribution in [2.75, 3.05) is 13.2 Å². The standard InChI is InChI=1S/C11H24O2Si2/c14-10(5-1-3-7-12-10)9-11(15)6-2-4-8-13-11/h1-9H2,14-15H3/p+2. The van der Waals surface area contributed by atoms with Gasteiger partial charge in [-0.1, -0.05) is 0 Å². The van der Waals surface area contributed by atoms with Crippen LogP contribution >= 0.6 is 0 Å². The Balaban J connectivity index is 0.00000128. The molecule has 2 atom stereocenters. The Bertz CT molecular complexity index is 196. The molecular formula is C11H26O2Si2+2. The molecule has 0 spiro atoms. The summed E-state index contributed by atoms with van der Waals surface area (Å²) in [6.07, 6.45) is 9.01. The highest BCUT2D eigenvalue weighted by Crippen LogP contribution is 2.34. The summed E-state index contributed by atoms with van der Waals surface area (Å²) in [5.41, 5.74) is 0. The van der Waals surface area contributed by atoms with Crippen molar-refractivity contribution in [1.29, 1.82) is 0 Å². The molecule has 0 radical (unpaired) electrons. The Morgan fingerprint density at radius 2 is 1.33 bits per heavy atom. The molecule has 2 nitrogen and oxygen atoms in total. The average molecular weight is 246 g/mol. The van der Waals surface area contributed by atoms with Crippen molar-refractivity contribution in [3.8, 4) is 0 Å². The highest BCUT2D eigenvalue weighted by Gasteiger charge is 2.38.